The molecule has 0 fully saturated rings. The molecule has 0 aliphatic rings. The van der Waals surface area contributed by atoms with Gasteiger partial charge in [-0.15, -0.1) is 0 Å². The summed E-state index contributed by atoms with van der Waals surface area (Å²) in [6.07, 6.45) is 2.11. The Morgan fingerprint density at radius 3 is 2.47 bits per heavy atom. The summed E-state index contributed by atoms with van der Waals surface area (Å²) in [6, 6.07) is 3.35. The van der Waals surface area contributed by atoms with Crippen LogP contribution in [0.5, 0.6) is 5.75 Å². The van der Waals surface area contributed by atoms with E-state index in [1.54, 1.807) is 19.1 Å². The van der Waals surface area contributed by atoms with E-state index < -0.39 is 11.8 Å². The van der Waals surface area contributed by atoms with Crippen LogP contribution in [0.2, 0.25) is 0 Å². The van der Waals surface area contributed by atoms with Crippen molar-refractivity contribution in [3.8, 4) is 5.75 Å². The number of benzene rings is 1. The standard InChI is InChI=1S/C13H14O4/c1-8-6-9(2)13(16)10(7-8)11(14)4-5-12(15)17-3/h4-7,16H,1-3H3. The summed E-state index contributed by atoms with van der Waals surface area (Å²) in [5.74, 6) is -1.10. The van der Waals surface area contributed by atoms with E-state index in [-0.39, 0.29) is 11.3 Å². The SMILES string of the molecule is COC(=O)C=CC(=O)c1cc(C)cc(C)c1O. The minimum Gasteiger partial charge on any atom is -0.507 e. The van der Waals surface area contributed by atoms with Crippen LogP contribution in [0.15, 0.2) is 24.3 Å². The van der Waals surface area contributed by atoms with Crippen molar-refractivity contribution >= 4 is 11.8 Å². The molecule has 1 rings (SSSR count). The number of phenolic OH excluding ortho intramolecular Hbond substituents is 1. The summed E-state index contributed by atoms with van der Waals surface area (Å²) in [7, 11) is 1.23. The van der Waals surface area contributed by atoms with Gasteiger partial charge >= 0.3 is 5.97 Å². The number of esters is 1. The highest BCUT2D eigenvalue weighted by Crippen LogP contribution is 2.24. The maximum absolute atomic E-state index is 11.7. The van der Waals surface area contributed by atoms with E-state index in [9.17, 15) is 14.7 Å². The van der Waals surface area contributed by atoms with E-state index >= 15 is 0 Å². The molecule has 0 unspecified atom stereocenters. The van der Waals surface area contributed by atoms with Gasteiger partial charge in [0.05, 0.1) is 12.7 Å². The predicted molar refractivity (Wildman–Crippen MR) is 63.1 cm³/mol. The molecule has 0 aliphatic heterocycles. The summed E-state index contributed by atoms with van der Waals surface area (Å²) < 4.78 is 4.37. The van der Waals surface area contributed by atoms with Gasteiger partial charge in [0, 0.05) is 6.08 Å². The van der Waals surface area contributed by atoms with Crippen molar-refractivity contribution in [2.75, 3.05) is 7.11 Å². The van der Waals surface area contributed by atoms with Gasteiger partial charge in [0.2, 0.25) is 0 Å². The summed E-state index contributed by atoms with van der Waals surface area (Å²) in [6.45, 7) is 3.54. The van der Waals surface area contributed by atoms with Crippen LogP contribution in [0.3, 0.4) is 0 Å². The molecule has 1 aromatic rings. The number of allylic oxidation sites excluding steroid dienone is 1. The number of aryl methyl sites for hydroxylation is 2. The second-order valence-electron chi connectivity index (χ2n) is 3.70. The van der Waals surface area contributed by atoms with E-state index in [2.05, 4.69) is 4.74 Å². The maximum atomic E-state index is 11.7. The molecule has 0 saturated heterocycles. The minimum absolute atomic E-state index is 0.0601. The zero-order chi connectivity index (χ0) is 13.0. The van der Waals surface area contributed by atoms with E-state index in [1.165, 1.54) is 7.11 Å². The van der Waals surface area contributed by atoms with Crippen molar-refractivity contribution in [3.05, 3.63) is 41.0 Å². The Morgan fingerprint density at radius 1 is 1.24 bits per heavy atom. The number of carbonyl (C=O) groups is 2. The van der Waals surface area contributed by atoms with Crippen LogP contribution < -0.4 is 0 Å². The van der Waals surface area contributed by atoms with E-state index in [4.69, 9.17) is 0 Å². The monoisotopic (exact) mass is 234 g/mol. The zero-order valence-electron chi connectivity index (χ0n) is 9.98. The van der Waals surface area contributed by atoms with E-state index in [0.29, 0.717) is 5.56 Å². The average molecular weight is 234 g/mol. The van der Waals surface area contributed by atoms with Crippen LogP contribution in [0.4, 0.5) is 0 Å². The number of rotatable bonds is 3. The summed E-state index contributed by atoms with van der Waals surface area (Å²) >= 11 is 0. The average Bonchev–Trinajstić information content (AvgIpc) is 2.30. The first-order valence-electron chi connectivity index (χ1n) is 5.06. The quantitative estimate of drug-likeness (QED) is 0.493. The van der Waals surface area contributed by atoms with Crippen LogP contribution in [0, 0.1) is 13.8 Å². The Morgan fingerprint density at radius 2 is 1.88 bits per heavy atom. The Balaban J connectivity index is 3.05. The van der Waals surface area contributed by atoms with Crippen molar-refractivity contribution in [2.24, 2.45) is 0 Å². The second-order valence-corrected chi connectivity index (χ2v) is 3.70. The first-order valence-corrected chi connectivity index (χ1v) is 5.06. The molecule has 17 heavy (non-hydrogen) atoms. The molecule has 1 aromatic carbocycles. The molecule has 1 N–H and O–H groups in total. The van der Waals surface area contributed by atoms with E-state index in [1.807, 2.05) is 6.92 Å². The Kier molecular flexibility index (Phi) is 4.04. The number of phenols is 1. The molecule has 0 aliphatic carbocycles. The molecule has 0 saturated carbocycles. The van der Waals surface area contributed by atoms with Gasteiger partial charge in [-0.25, -0.2) is 4.79 Å². The molecule has 90 valence electrons. The Labute approximate surface area is 99.5 Å². The Bertz CT molecular complexity index is 486. The van der Waals surface area contributed by atoms with Crippen LogP contribution in [-0.2, 0) is 9.53 Å². The van der Waals surface area contributed by atoms with Crippen LogP contribution in [0.1, 0.15) is 21.5 Å². The van der Waals surface area contributed by atoms with Crippen molar-refractivity contribution in [1.29, 1.82) is 0 Å². The lowest BCUT2D eigenvalue weighted by Crippen LogP contribution is -2.00. The van der Waals surface area contributed by atoms with Crippen molar-refractivity contribution in [3.63, 3.8) is 0 Å². The van der Waals surface area contributed by atoms with Crippen molar-refractivity contribution in [1.82, 2.24) is 0 Å². The molecule has 0 amide bonds. The van der Waals surface area contributed by atoms with Gasteiger partial charge in [0.25, 0.3) is 0 Å². The summed E-state index contributed by atoms with van der Waals surface area (Å²) in [5, 5.41) is 9.74. The smallest absolute Gasteiger partial charge is 0.330 e. The van der Waals surface area contributed by atoms with Crippen LogP contribution in [-0.4, -0.2) is 24.0 Å². The molecular formula is C13H14O4. The number of ketones is 1. The molecule has 0 spiro atoms. The van der Waals surface area contributed by atoms with Gasteiger partial charge < -0.3 is 9.84 Å². The normalized spacial score (nSPS) is 10.5. The fraction of sp³-hybridized carbons (Fsp3) is 0.231. The highest BCUT2D eigenvalue weighted by atomic mass is 16.5. The lowest BCUT2D eigenvalue weighted by atomic mass is 10.0. The fourth-order valence-electron chi connectivity index (χ4n) is 1.45. The molecule has 4 heteroatoms. The first kappa shape index (κ1) is 13.0. The molecule has 0 radical (unpaired) electrons. The van der Waals surface area contributed by atoms with Gasteiger partial charge in [0.1, 0.15) is 5.75 Å². The fourth-order valence-corrected chi connectivity index (χ4v) is 1.45. The van der Waals surface area contributed by atoms with Gasteiger partial charge in [-0.3, -0.25) is 4.79 Å². The first-order chi connectivity index (χ1) is 7.95. The molecule has 0 heterocycles. The van der Waals surface area contributed by atoms with Gasteiger partial charge in [-0.2, -0.15) is 0 Å². The maximum Gasteiger partial charge on any atom is 0.330 e. The second kappa shape index (κ2) is 5.30. The number of carbonyl (C=O) groups excluding carboxylic acids is 2. The summed E-state index contributed by atoms with van der Waals surface area (Å²) in [4.78, 5) is 22.6. The third kappa shape index (κ3) is 3.17. The van der Waals surface area contributed by atoms with Gasteiger partial charge in [-0.05, 0) is 37.1 Å². The van der Waals surface area contributed by atoms with Gasteiger partial charge in [-0.1, -0.05) is 6.07 Å². The third-order valence-electron chi connectivity index (χ3n) is 2.28. The number of ether oxygens (including phenoxy) is 1. The Hall–Kier alpha value is -2.10. The molecule has 0 bridgehead atoms. The molecule has 4 nitrogen and oxygen atoms in total. The topological polar surface area (TPSA) is 63.6 Å². The molecule has 0 atom stereocenters. The number of methoxy groups -OCH3 is 1. The molecule has 0 aromatic heterocycles. The van der Waals surface area contributed by atoms with Crippen molar-refractivity contribution in [2.45, 2.75) is 13.8 Å². The number of hydrogen-bond acceptors (Lipinski definition) is 4. The van der Waals surface area contributed by atoms with E-state index in [0.717, 1.165) is 17.7 Å². The van der Waals surface area contributed by atoms with Crippen LogP contribution >= 0.6 is 0 Å². The molecular weight excluding hydrogens is 220 g/mol. The lowest BCUT2D eigenvalue weighted by molar-refractivity contribution is -0.134. The number of aromatic hydroxyl groups is 1. The minimum atomic E-state index is -0.609. The van der Waals surface area contributed by atoms with Crippen molar-refractivity contribution < 1.29 is 19.4 Å². The number of hydrogen-bond donors (Lipinski definition) is 1. The zero-order valence-corrected chi connectivity index (χ0v) is 9.98. The third-order valence-corrected chi connectivity index (χ3v) is 2.28. The highest BCUT2D eigenvalue weighted by molar-refractivity contribution is 6.08. The predicted octanol–water partition coefficient (Wildman–Crippen LogP) is 1.92. The lowest BCUT2D eigenvalue weighted by Gasteiger charge is -2.05. The highest BCUT2D eigenvalue weighted by Gasteiger charge is 2.11. The van der Waals surface area contributed by atoms with Gasteiger partial charge in [0.15, 0.2) is 5.78 Å². The summed E-state index contributed by atoms with van der Waals surface area (Å²) in [5.41, 5.74) is 1.68. The largest absolute Gasteiger partial charge is 0.507 e. The van der Waals surface area contributed by atoms with Crippen LogP contribution in [0.25, 0.3) is 0 Å².